The van der Waals surface area contributed by atoms with Gasteiger partial charge in [0.1, 0.15) is 0 Å². The molecular weight excluding hydrogens is 360 g/mol. The highest BCUT2D eigenvalue weighted by atomic mass is 79.9. The van der Waals surface area contributed by atoms with Crippen LogP contribution in [0.4, 0.5) is 0 Å². The van der Waals surface area contributed by atoms with E-state index in [1.54, 1.807) is 11.0 Å². The van der Waals surface area contributed by atoms with Crippen LogP contribution in [0, 0.1) is 0 Å². The van der Waals surface area contributed by atoms with E-state index in [1.807, 2.05) is 13.8 Å². The molecule has 0 radical (unpaired) electrons. The number of sulfonamides is 1. The summed E-state index contributed by atoms with van der Waals surface area (Å²) in [4.78, 5) is 13.9. The lowest BCUT2D eigenvalue weighted by Gasteiger charge is -2.21. The Kier molecular flexibility index (Phi) is 6.79. The van der Waals surface area contributed by atoms with Gasteiger partial charge in [-0.2, -0.15) is 0 Å². The third-order valence-corrected chi connectivity index (χ3v) is 4.77. The van der Waals surface area contributed by atoms with Gasteiger partial charge in [0.05, 0.1) is 11.5 Å². The minimum Gasteiger partial charge on any atom is -0.380 e. The van der Waals surface area contributed by atoms with Crippen molar-refractivity contribution < 1.29 is 17.9 Å². The first kappa shape index (κ1) is 18.1. The SMILES string of the molecule is CCOCCN(CC)C(=O)c1ccc(Br)c(S(N)(=O)=O)c1. The Morgan fingerprint density at radius 2 is 2.05 bits per heavy atom. The lowest BCUT2D eigenvalue weighted by atomic mass is 10.2. The number of halogens is 1. The van der Waals surface area contributed by atoms with E-state index in [9.17, 15) is 13.2 Å². The fraction of sp³-hybridized carbons (Fsp3) is 0.462. The van der Waals surface area contributed by atoms with Gasteiger partial charge in [-0.05, 0) is 48.0 Å². The molecule has 0 aliphatic carbocycles. The first-order valence-electron chi connectivity index (χ1n) is 6.50. The average molecular weight is 379 g/mol. The minimum atomic E-state index is -3.89. The second-order valence-corrected chi connectivity index (χ2v) is 6.66. The highest BCUT2D eigenvalue weighted by molar-refractivity contribution is 9.10. The van der Waals surface area contributed by atoms with Crippen LogP contribution < -0.4 is 5.14 Å². The van der Waals surface area contributed by atoms with Crippen molar-refractivity contribution in [2.45, 2.75) is 18.7 Å². The van der Waals surface area contributed by atoms with Gasteiger partial charge in [0.25, 0.3) is 5.91 Å². The number of benzene rings is 1. The molecule has 2 N–H and O–H groups in total. The molecule has 0 spiro atoms. The zero-order valence-electron chi connectivity index (χ0n) is 12.0. The minimum absolute atomic E-state index is 0.103. The number of amides is 1. The molecule has 6 nitrogen and oxygen atoms in total. The van der Waals surface area contributed by atoms with Crippen LogP contribution in [0.15, 0.2) is 27.6 Å². The van der Waals surface area contributed by atoms with E-state index in [4.69, 9.17) is 9.88 Å². The van der Waals surface area contributed by atoms with Crippen LogP contribution in [0.2, 0.25) is 0 Å². The number of hydrogen-bond donors (Lipinski definition) is 1. The first-order chi connectivity index (χ1) is 9.81. The quantitative estimate of drug-likeness (QED) is 0.729. The van der Waals surface area contributed by atoms with Crippen LogP contribution >= 0.6 is 15.9 Å². The summed E-state index contributed by atoms with van der Waals surface area (Å²) >= 11 is 3.12. The smallest absolute Gasteiger partial charge is 0.253 e. The van der Waals surface area contributed by atoms with Crippen LogP contribution in [-0.2, 0) is 14.8 Å². The molecule has 0 heterocycles. The molecule has 8 heteroatoms. The zero-order chi connectivity index (χ0) is 16.0. The number of ether oxygens (including phenoxy) is 1. The van der Waals surface area contributed by atoms with Crippen LogP contribution in [0.1, 0.15) is 24.2 Å². The summed E-state index contributed by atoms with van der Waals surface area (Å²) in [6, 6.07) is 4.35. The molecule has 0 fully saturated rings. The molecule has 1 aromatic carbocycles. The monoisotopic (exact) mass is 378 g/mol. The van der Waals surface area contributed by atoms with E-state index in [2.05, 4.69) is 15.9 Å². The van der Waals surface area contributed by atoms with Crippen molar-refractivity contribution in [2.75, 3.05) is 26.3 Å². The summed E-state index contributed by atoms with van der Waals surface area (Å²) in [6.07, 6.45) is 0. The Morgan fingerprint density at radius 1 is 1.38 bits per heavy atom. The van der Waals surface area contributed by atoms with Gasteiger partial charge in [-0.3, -0.25) is 4.79 Å². The molecule has 0 saturated heterocycles. The predicted octanol–water partition coefficient (Wildman–Crippen LogP) is 1.60. The van der Waals surface area contributed by atoms with Crippen molar-refractivity contribution >= 4 is 31.9 Å². The van der Waals surface area contributed by atoms with Crippen molar-refractivity contribution in [3.63, 3.8) is 0 Å². The zero-order valence-corrected chi connectivity index (χ0v) is 14.4. The van der Waals surface area contributed by atoms with Crippen molar-refractivity contribution in [2.24, 2.45) is 5.14 Å². The van der Waals surface area contributed by atoms with Gasteiger partial charge < -0.3 is 9.64 Å². The number of carbonyl (C=O) groups excluding carboxylic acids is 1. The molecule has 0 aromatic heterocycles. The summed E-state index contributed by atoms with van der Waals surface area (Å²) in [7, 11) is -3.89. The van der Waals surface area contributed by atoms with E-state index >= 15 is 0 Å². The van der Waals surface area contributed by atoms with Gasteiger partial charge in [0, 0.05) is 29.7 Å². The van der Waals surface area contributed by atoms with E-state index in [0.717, 1.165) is 0 Å². The maximum absolute atomic E-state index is 12.4. The molecule has 1 aromatic rings. The number of rotatable bonds is 7. The van der Waals surface area contributed by atoms with Gasteiger partial charge in [0.2, 0.25) is 10.0 Å². The maximum atomic E-state index is 12.4. The summed E-state index contributed by atoms with van der Waals surface area (Å²) in [5, 5.41) is 5.13. The Balaban J connectivity index is 3.01. The largest absolute Gasteiger partial charge is 0.380 e. The van der Waals surface area contributed by atoms with Crippen molar-refractivity contribution in [1.82, 2.24) is 4.90 Å². The van der Waals surface area contributed by atoms with Gasteiger partial charge in [-0.15, -0.1) is 0 Å². The van der Waals surface area contributed by atoms with E-state index < -0.39 is 10.0 Å². The van der Waals surface area contributed by atoms with Crippen molar-refractivity contribution in [3.8, 4) is 0 Å². The molecule has 0 atom stereocenters. The van der Waals surface area contributed by atoms with E-state index in [1.165, 1.54) is 12.1 Å². The predicted molar refractivity (Wildman–Crippen MR) is 83.6 cm³/mol. The van der Waals surface area contributed by atoms with Crippen LogP contribution in [0.25, 0.3) is 0 Å². The summed E-state index contributed by atoms with van der Waals surface area (Å²) in [5.41, 5.74) is 0.278. The number of nitrogens with two attached hydrogens (primary N) is 1. The number of nitrogens with zero attached hydrogens (tertiary/aromatic N) is 1. The van der Waals surface area contributed by atoms with Crippen LogP contribution in [0.5, 0.6) is 0 Å². The van der Waals surface area contributed by atoms with Gasteiger partial charge in [-0.25, -0.2) is 13.6 Å². The Bertz CT molecular complexity index is 604. The maximum Gasteiger partial charge on any atom is 0.253 e. The van der Waals surface area contributed by atoms with E-state index in [-0.39, 0.29) is 16.4 Å². The standard InChI is InChI=1S/C13H19BrN2O4S/c1-3-16(7-8-20-4-2)13(17)10-5-6-11(14)12(9-10)21(15,18)19/h5-6,9H,3-4,7-8H2,1-2H3,(H2,15,18,19). The fourth-order valence-corrected chi connectivity index (χ4v) is 3.31. The second-order valence-electron chi connectivity index (χ2n) is 4.27. The molecule has 0 unspecified atom stereocenters. The summed E-state index contributed by atoms with van der Waals surface area (Å²) in [6.45, 7) is 5.71. The average Bonchev–Trinajstić information content (AvgIpc) is 2.42. The lowest BCUT2D eigenvalue weighted by molar-refractivity contribution is 0.0669. The topological polar surface area (TPSA) is 89.7 Å². The molecular formula is C13H19BrN2O4S. The van der Waals surface area contributed by atoms with Crippen molar-refractivity contribution in [3.05, 3.63) is 28.2 Å². The normalized spacial score (nSPS) is 11.4. The summed E-state index contributed by atoms with van der Waals surface area (Å²) < 4.78 is 28.5. The molecule has 0 aliphatic heterocycles. The Morgan fingerprint density at radius 3 is 2.57 bits per heavy atom. The highest BCUT2D eigenvalue weighted by Crippen LogP contribution is 2.22. The lowest BCUT2D eigenvalue weighted by Crippen LogP contribution is -2.34. The second kappa shape index (κ2) is 7.88. The van der Waals surface area contributed by atoms with Crippen LogP contribution in [-0.4, -0.2) is 45.5 Å². The third kappa shape index (κ3) is 5.06. The van der Waals surface area contributed by atoms with Gasteiger partial charge >= 0.3 is 0 Å². The molecule has 21 heavy (non-hydrogen) atoms. The molecule has 118 valence electrons. The van der Waals surface area contributed by atoms with Gasteiger partial charge in [0.15, 0.2) is 0 Å². The molecule has 0 aliphatic rings. The number of primary sulfonamides is 1. The first-order valence-corrected chi connectivity index (χ1v) is 8.84. The number of hydrogen-bond acceptors (Lipinski definition) is 4. The molecule has 0 bridgehead atoms. The van der Waals surface area contributed by atoms with E-state index in [0.29, 0.717) is 30.8 Å². The summed E-state index contributed by atoms with van der Waals surface area (Å²) in [5.74, 6) is -0.255. The van der Waals surface area contributed by atoms with Crippen molar-refractivity contribution in [1.29, 1.82) is 0 Å². The highest BCUT2D eigenvalue weighted by Gasteiger charge is 2.19. The number of likely N-dealkylation sites (N-methyl/N-ethyl adjacent to an activating group) is 1. The fourth-order valence-electron chi connectivity index (χ4n) is 1.76. The van der Waals surface area contributed by atoms with Gasteiger partial charge in [-0.1, -0.05) is 0 Å². The third-order valence-electron chi connectivity index (χ3n) is 2.86. The number of carbonyl (C=O) groups is 1. The van der Waals surface area contributed by atoms with Crippen LogP contribution in [0.3, 0.4) is 0 Å². The Hall–Kier alpha value is -0.960. The Labute approximate surface area is 133 Å². The molecule has 0 saturated carbocycles. The molecule has 1 rings (SSSR count). The molecule has 1 amide bonds.